The monoisotopic (exact) mass is 343 g/mol. The van der Waals surface area contributed by atoms with E-state index in [9.17, 15) is 13.2 Å². The summed E-state index contributed by atoms with van der Waals surface area (Å²) in [5.41, 5.74) is 0.977. The molecule has 0 aliphatic carbocycles. The normalized spacial score (nSPS) is 11.6. The van der Waals surface area contributed by atoms with Crippen LogP contribution in [0.2, 0.25) is 0 Å². The minimum absolute atomic E-state index is 0.0731. The zero-order valence-electron chi connectivity index (χ0n) is 12.2. The Hall–Kier alpha value is -1.78. The first-order chi connectivity index (χ1) is 10.3. The molecule has 2 aromatic heterocycles. The van der Waals surface area contributed by atoms with Gasteiger partial charge in [-0.25, -0.2) is 18.5 Å². The van der Waals surface area contributed by atoms with Crippen LogP contribution < -0.4 is 10.5 Å². The average Bonchev–Trinajstić information content (AvgIpc) is 3.02. The molecule has 0 aliphatic rings. The highest BCUT2D eigenvalue weighted by atomic mass is 32.2. The van der Waals surface area contributed by atoms with Gasteiger partial charge in [-0.1, -0.05) is 6.92 Å². The fraction of sp³-hybridized carbons (Fsp3) is 0.417. The number of nitrogens with zero attached hydrogens (tertiary/aromatic N) is 3. The zero-order valence-corrected chi connectivity index (χ0v) is 13.9. The zero-order chi connectivity index (χ0) is 16.3. The summed E-state index contributed by atoms with van der Waals surface area (Å²) < 4.78 is 23.6. The fourth-order valence-electron chi connectivity index (χ4n) is 1.82. The molecule has 0 saturated heterocycles. The quantitative estimate of drug-likeness (QED) is 0.807. The Labute approximate surface area is 132 Å². The Morgan fingerprint density at radius 3 is 2.77 bits per heavy atom. The van der Waals surface area contributed by atoms with Crippen molar-refractivity contribution < 1.29 is 13.2 Å². The summed E-state index contributed by atoms with van der Waals surface area (Å²) in [5, 5.41) is 12.2. The van der Waals surface area contributed by atoms with Gasteiger partial charge in [-0.15, -0.1) is 11.3 Å². The topological polar surface area (TPSA) is 120 Å². The molecule has 0 bridgehead atoms. The van der Waals surface area contributed by atoms with Gasteiger partial charge in [0.15, 0.2) is 5.13 Å². The molecule has 0 unspecified atom stereocenters. The molecule has 2 heterocycles. The molecule has 0 spiro atoms. The van der Waals surface area contributed by atoms with E-state index in [0.717, 1.165) is 23.2 Å². The lowest BCUT2D eigenvalue weighted by Crippen LogP contribution is -2.15. The highest BCUT2D eigenvalue weighted by Crippen LogP contribution is 2.22. The summed E-state index contributed by atoms with van der Waals surface area (Å²) in [6, 6.07) is 0. The van der Waals surface area contributed by atoms with Crippen LogP contribution in [0.15, 0.2) is 17.3 Å². The predicted molar refractivity (Wildman–Crippen MR) is 83.1 cm³/mol. The third-order valence-electron chi connectivity index (χ3n) is 2.98. The van der Waals surface area contributed by atoms with Gasteiger partial charge in [-0.05, 0) is 13.3 Å². The molecule has 0 aromatic carbocycles. The summed E-state index contributed by atoms with van der Waals surface area (Å²) >= 11 is 1.44. The number of primary sulfonamides is 1. The molecule has 2 aromatic rings. The lowest BCUT2D eigenvalue weighted by atomic mass is 10.3. The molecule has 2 rings (SSSR count). The number of carbonyl (C=O) groups excluding carboxylic acids is 1. The van der Waals surface area contributed by atoms with Crippen molar-refractivity contribution in [1.29, 1.82) is 0 Å². The minimum atomic E-state index is -3.77. The van der Waals surface area contributed by atoms with Crippen molar-refractivity contribution in [1.82, 2.24) is 14.8 Å². The van der Waals surface area contributed by atoms with E-state index >= 15 is 0 Å². The van der Waals surface area contributed by atoms with Crippen LogP contribution in [0, 0.1) is 6.92 Å². The van der Waals surface area contributed by atoms with Crippen molar-refractivity contribution in [2.24, 2.45) is 5.14 Å². The summed E-state index contributed by atoms with van der Waals surface area (Å²) in [6.45, 7) is 4.23. The van der Waals surface area contributed by atoms with Crippen LogP contribution >= 0.6 is 11.3 Å². The number of thiazole rings is 1. The number of nitrogens with two attached hydrogens (primary N) is 1. The second-order valence-corrected chi connectivity index (χ2v) is 7.42. The van der Waals surface area contributed by atoms with Gasteiger partial charge in [0.05, 0.1) is 11.9 Å². The van der Waals surface area contributed by atoms with E-state index in [1.165, 1.54) is 22.2 Å². The van der Waals surface area contributed by atoms with Gasteiger partial charge in [0.1, 0.15) is 4.90 Å². The summed E-state index contributed by atoms with van der Waals surface area (Å²) in [6.07, 6.45) is 3.43. The maximum atomic E-state index is 11.9. The molecule has 0 atom stereocenters. The van der Waals surface area contributed by atoms with Crippen molar-refractivity contribution in [3.8, 4) is 0 Å². The van der Waals surface area contributed by atoms with E-state index in [1.54, 1.807) is 0 Å². The molecule has 0 fully saturated rings. The van der Waals surface area contributed by atoms with Crippen molar-refractivity contribution in [3.05, 3.63) is 23.0 Å². The van der Waals surface area contributed by atoms with Gasteiger partial charge in [-0.2, -0.15) is 5.10 Å². The molecule has 10 heteroatoms. The summed E-state index contributed by atoms with van der Waals surface area (Å²) in [4.78, 5) is 17.2. The second kappa shape index (κ2) is 6.55. The largest absolute Gasteiger partial charge is 0.302 e. The third kappa shape index (κ3) is 4.12. The minimum Gasteiger partial charge on any atom is -0.302 e. The number of hydrogen-bond acceptors (Lipinski definition) is 6. The fourth-order valence-corrected chi connectivity index (χ4v) is 3.20. The van der Waals surface area contributed by atoms with Gasteiger partial charge in [0.2, 0.25) is 15.9 Å². The first-order valence-electron chi connectivity index (χ1n) is 6.61. The number of sulfonamides is 1. The Morgan fingerprint density at radius 2 is 2.23 bits per heavy atom. The molecule has 120 valence electrons. The van der Waals surface area contributed by atoms with E-state index in [2.05, 4.69) is 15.4 Å². The van der Waals surface area contributed by atoms with E-state index in [-0.39, 0.29) is 23.8 Å². The average molecular weight is 343 g/mol. The number of carbonyl (C=O) groups is 1. The van der Waals surface area contributed by atoms with Crippen LogP contribution in [-0.4, -0.2) is 29.1 Å². The Morgan fingerprint density at radius 1 is 1.50 bits per heavy atom. The highest BCUT2D eigenvalue weighted by Gasteiger charge is 2.12. The van der Waals surface area contributed by atoms with Crippen LogP contribution in [0.3, 0.4) is 0 Å². The molecular weight excluding hydrogens is 326 g/mol. The standard InChI is InChI=1S/C12H17N5O3S2/c1-3-10-8(2)21-12(15-10)16-11(18)4-5-17-7-9(6-14-17)22(13,19)20/h6-7H,3-5H2,1-2H3,(H2,13,19,20)(H,15,16,18). The van der Waals surface area contributed by atoms with Crippen molar-refractivity contribution >= 4 is 32.4 Å². The molecule has 3 N–H and O–H groups in total. The number of aryl methyl sites for hydroxylation is 3. The molecule has 1 amide bonds. The number of nitrogens with one attached hydrogen (secondary N) is 1. The van der Waals surface area contributed by atoms with Crippen molar-refractivity contribution in [2.75, 3.05) is 5.32 Å². The predicted octanol–water partition coefficient (Wildman–Crippen LogP) is 0.887. The lowest BCUT2D eigenvalue weighted by Gasteiger charge is -2.02. The first-order valence-corrected chi connectivity index (χ1v) is 8.97. The van der Waals surface area contributed by atoms with E-state index < -0.39 is 10.0 Å². The molecule has 22 heavy (non-hydrogen) atoms. The highest BCUT2D eigenvalue weighted by molar-refractivity contribution is 7.89. The van der Waals surface area contributed by atoms with E-state index in [0.29, 0.717) is 5.13 Å². The first kappa shape index (κ1) is 16.6. The van der Waals surface area contributed by atoms with Crippen LogP contribution in [0.4, 0.5) is 5.13 Å². The molecule has 8 nitrogen and oxygen atoms in total. The smallest absolute Gasteiger partial charge is 0.241 e. The summed E-state index contributed by atoms with van der Waals surface area (Å²) in [7, 11) is -3.77. The van der Waals surface area contributed by atoms with Crippen LogP contribution in [0.1, 0.15) is 23.9 Å². The number of hydrogen-bond donors (Lipinski definition) is 2. The molecule has 0 aliphatic heterocycles. The van der Waals surface area contributed by atoms with Crippen molar-refractivity contribution in [2.45, 2.75) is 38.1 Å². The number of rotatable bonds is 6. The lowest BCUT2D eigenvalue weighted by molar-refractivity contribution is -0.116. The Kier molecular flexibility index (Phi) is 4.94. The molecule has 0 radical (unpaired) electrons. The Balaban J connectivity index is 1.91. The van der Waals surface area contributed by atoms with Crippen LogP contribution in [-0.2, 0) is 27.8 Å². The van der Waals surface area contributed by atoms with E-state index in [1.807, 2.05) is 13.8 Å². The van der Waals surface area contributed by atoms with Gasteiger partial charge < -0.3 is 5.32 Å². The van der Waals surface area contributed by atoms with Gasteiger partial charge in [0.25, 0.3) is 0 Å². The maximum absolute atomic E-state index is 11.9. The van der Waals surface area contributed by atoms with Gasteiger partial charge in [-0.3, -0.25) is 9.48 Å². The summed E-state index contributed by atoms with van der Waals surface area (Å²) in [5.74, 6) is -0.205. The Bertz CT molecular complexity index is 779. The number of aromatic nitrogens is 3. The van der Waals surface area contributed by atoms with Crippen LogP contribution in [0.25, 0.3) is 0 Å². The second-order valence-electron chi connectivity index (χ2n) is 4.66. The number of amides is 1. The maximum Gasteiger partial charge on any atom is 0.241 e. The van der Waals surface area contributed by atoms with Gasteiger partial charge >= 0.3 is 0 Å². The SMILES string of the molecule is CCc1nc(NC(=O)CCn2cc(S(N)(=O)=O)cn2)sc1C. The number of anilines is 1. The van der Waals surface area contributed by atoms with Crippen molar-refractivity contribution in [3.63, 3.8) is 0 Å². The molecular formula is C12H17N5O3S2. The molecule has 0 saturated carbocycles. The van der Waals surface area contributed by atoms with Crippen LogP contribution in [0.5, 0.6) is 0 Å². The van der Waals surface area contributed by atoms with E-state index in [4.69, 9.17) is 5.14 Å². The van der Waals surface area contributed by atoms with Gasteiger partial charge in [0, 0.05) is 24.0 Å². The third-order valence-corrected chi connectivity index (χ3v) is 4.78.